The lowest BCUT2D eigenvalue weighted by Crippen LogP contribution is -2.40. The molecule has 2 saturated heterocycles. The van der Waals surface area contributed by atoms with Crippen LogP contribution >= 0.6 is 0 Å². The van der Waals surface area contributed by atoms with Crippen LogP contribution in [0.25, 0.3) is 0 Å². The van der Waals surface area contributed by atoms with E-state index in [2.05, 4.69) is 10.3 Å². The van der Waals surface area contributed by atoms with Gasteiger partial charge in [0.05, 0.1) is 6.61 Å². The van der Waals surface area contributed by atoms with Crippen molar-refractivity contribution in [1.82, 2.24) is 10.2 Å². The topological polar surface area (TPSA) is 133 Å². The first-order chi connectivity index (χ1) is 17.4. The number of amides is 3. The molecular weight excluding hydrogens is 483 g/mol. The molecule has 2 heterocycles. The van der Waals surface area contributed by atoms with Crippen molar-refractivity contribution < 1.29 is 33.0 Å². The summed E-state index contributed by atoms with van der Waals surface area (Å²) in [6.07, 6.45) is 2.66. The molecule has 204 valence electrons. The number of likely N-dealkylation sites (tertiary alicyclic amines) is 1. The number of aliphatic imine (C=N–C) groups is 1. The summed E-state index contributed by atoms with van der Waals surface area (Å²) in [5.41, 5.74) is 6.04. The number of hydrogen-bond donors (Lipinski definition) is 2. The SMILES string of the molecule is CC(C)C(N)=NC(=O)N1CCC(CCCOc2ccc(C[C@@H]3NC(=O)OC(C)(C)OC3=O)c(F)c2)CC1. The van der Waals surface area contributed by atoms with Gasteiger partial charge in [-0.1, -0.05) is 19.9 Å². The molecule has 1 aromatic carbocycles. The zero-order valence-electron chi connectivity index (χ0n) is 21.9. The highest BCUT2D eigenvalue weighted by molar-refractivity contribution is 5.93. The minimum Gasteiger partial charge on any atom is -0.493 e. The molecule has 0 spiro atoms. The van der Waals surface area contributed by atoms with E-state index >= 15 is 0 Å². The van der Waals surface area contributed by atoms with Crippen molar-refractivity contribution in [3.63, 3.8) is 0 Å². The normalized spacial score (nSPS) is 20.6. The minimum atomic E-state index is -1.39. The molecule has 0 aliphatic carbocycles. The van der Waals surface area contributed by atoms with Crippen LogP contribution in [0, 0.1) is 17.7 Å². The van der Waals surface area contributed by atoms with Crippen LogP contribution in [-0.4, -0.2) is 60.4 Å². The van der Waals surface area contributed by atoms with Crippen LogP contribution in [0.5, 0.6) is 5.75 Å². The first kappa shape index (κ1) is 28.2. The highest BCUT2D eigenvalue weighted by atomic mass is 19.1. The van der Waals surface area contributed by atoms with Gasteiger partial charge in [-0.25, -0.2) is 18.8 Å². The maximum atomic E-state index is 14.7. The van der Waals surface area contributed by atoms with Gasteiger partial charge in [0, 0.05) is 45.3 Å². The summed E-state index contributed by atoms with van der Waals surface area (Å²) in [5, 5.41) is 2.40. The maximum absolute atomic E-state index is 14.7. The second-order valence-electron chi connectivity index (χ2n) is 10.3. The van der Waals surface area contributed by atoms with Gasteiger partial charge >= 0.3 is 18.1 Å². The van der Waals surface area contributed by atoms with E-state index < -0.39 is 29.7 Å². The number of cyclic esters (lactones) is 2. The van der Waals surface area contributed by atoms with Gasteiger partial charge < -0.3 is 30.2 Å². The fourth-order valence-corrected chi connectivity index (χ4v) is 4.21. The second-order valence-corrected chi connectivity index (χ2v) is 10.3. The summed E-state index contributed by atoms with van der Waals surface area (Å²) >= 11 is 0. The molecule has 0 bridgehead atoms. The number of amidine groups is 1. The molecule has 0 radical (unpaired) electrons. The van der Waals surface area contributed by atoms with Gasteiger partial charge in [0.25, 0.3) is 5.79 Å². The average molecular weight is 521 g/mol. The van der Waals surface area contributed by atoms with E-state index in [-0.39, 0.29) is 23.9 Å². The number of nitrogens with two attached hydrogens (primary N) is 1. The Morgan fingerprint density at radius 1 is 1.27 bits per heavy atom. The molecule has 3 N–H and O–H groups in total. The average Bonchev–Trinajstić information content (AvgIpc) is 2.91. The molecule has 3 amide bonds. The van der Waals surface area contributed by atoms with Crippen molar-refractivity contribution in [1.29, 1.82) is 0 Å². The van der Waals surface area contributed by atoms with E-state index in [1.54, 1.807) is 11.0 Å². The number of alkyl carbamates (subject to hydrolysis) is 1. The summed E-state index contributed by atoms with van der Waals surface area (Å²) in [7, 11) is 0. The van der Waals surface area contributed by atoms with Gasteiger partial charge in [0.15, 0.2) is 0 Å². The predicted molar refractivity (Wildman–Crippen MR) is 135 cm³/mol. The van der Waals surface area contributed by atoms with Crippen molar-refractivity contribution in [3.8, 4) is 5.75 Å². The van der Waals surface area contributed by atoms with Gasteiger partial charge in [-0.3, -0.25) is 0 Å². The number of ether oxygens (including phenoxy) is 3. The molecule has 11 heteroatoms. The van der Waals surface area contributed by atoms with E-state index in [1.165, 1.54) is 26.0 Å². The van der Waals surface area contributed by atoms with Gasteiger partial charge in [-0.15, -0.1) is 0 Å². The quantitative estimate of drug-likeness (QED) is 0.231. The number of benzene rings is 1. The third kappa shape index (κ3) is 8.33. The van der Waals surface area contributed by atoms with Crippen molar-refractivity contribution in [2.24, 2.45) is 22.6 Å². The van der Waals surface area contributed by atoms with Crippen LogP contribution in [0.15, 0.2) is 23.2 Å². The second kappa shape index (κ2) is 12.2. The number of carbonyl (C=O) groups is 3. The van der Waals surface area contributed by atoms with Crippen molar-refractivity contribution in [3.05, 3.63) is 29.6 Å². The molecule has 1 aromatic rings. The molecule has 0 saturated carbocycles. The number of nitrogens with one attached hydrogen (secondary N) is 1. The van der Waals surface area contributed by atoms with Crippen LogP contribution in [0.2, 0.25) is 0 Å². The number of nitrogens with zero attached hydrogens (tertiary/aromatic N) is 2. The third-order valence-corrected chi connectivity index (χ3v) is 6.44. The van der Waals surface area contributed by atoms with Crippen LogP contribution in [0.3, 0.4) is 0 Å². The summed E-state index contributed by atoms with van der Waals surface area (Å²) in [4.78, 5) is 42.1. The van der Waals surface area contributed by atoms with E-state index in [4.69, 9.17) is 19.9 Å². The zero-order valence-corrected chi connectivity index (χ0v) is 21.9. The Morgan fingerprint density at radius 2 is 1.97 bits per heavy atom. The lowest BCUT2D eigenvalue weighted by Gasteiger charge is -2.30. The fourth-order valence-electron chi connectivity index (χ4n) is 4.21. The Hall–Kier alpha value is -3.37. The molecule has 2 aliphatic rings. The Morgan fingerprint density at radius 3 is 2.62 bits per heavy atom. The van der Waals surface area contributed by atoms with Crippen LogP contribution < -0.4 is 15.8 Å². The molecule has 37 heavy (non-hydrogen) atoms. The highest BCUT2D eigenvalue weighted by Crippen LogP contribution is 2.24. The largest absolute Gasteiger partial charge is 0.493 e. The highest BCUT2D eigenvalue weighted by Gasteiger charge is 2.37. The number of carbonyl (C=O) groups excluding carboxylic acids is 3. The Kier molecular flexibility index (Phi) is 9.34. The lowest BCUT2D eigenvalue weighted by atomic mass is 9.92. The molecule has 0 unspecified atom stereocenters. The van der Waals surface area contributed by atoms with Crippen molar-refractivity contribution in [2.45, 2.75) is 71.6 Å². The van der Waals surface area contributed by atoms with Gasteiger partial charge in [0.1, 0.15) is 23.4 Å². The van der Waals surface area contributed by atoms with Gasteiger partial charge in [-0.05, 0) is 43.2 Å². The number of piperidine rings is 1. The smallest absolute Gasteiger partial charge is 0.411 e. The first-order valence-electron chi connectivity index (χ1n) is 12.7. The van der Waals surface area contributed by atoms with E-state index in [0.717, 1.165) is 25.7 Å². The summed E-state index contributed by atoms with van der Waals surface area (Å²) in [6.45, 7) is 8.44. The molecule has 10 nitrogen and oxygen atoms in total. The monoisotopic (exact) mass is 520 g/mol. The van der Waals surface area contributed by atoms with Crippen LogP contribution in [0.1, 0.15) is 58.9 Å². The van der Waals surface area contributed by atoms with E-state index in [0.29, 0.717) is 37.2 Å². The Bertz CT molecular complexity index is 1020. The first-order valence-corrected chi connectivity index (χ1v) is 12.7. The van der Waals surface area contributed by atoms with Crippen LogP contribution in [0.4, 0.5) is 14.0 Å². The predicted octanol–water partition coefficient (Wildman–Crippen LogP) is 3.76. The summed E-state index contributed by atoms with van der Waals surface area (Å²) in [5.74, 6) is -1.36. The number of hydrogen-bond acceptors (Lipinski definition) is 6. The van der Waals surface area contributed by atoms with Gasteiger partial charge in [0.2, 0.25) is 0 Å². The lowest BCUT2D eigenvalue weighted by molar-refractivity contribution is -0.189. The number of esters is 1. The molecule has 0 aromatic heterocycles. The summed E-state index contributed by atoms with van der Waals surface area (Å²) in [6, 6.07) is 3.11. The fraction of sp³-hybridized carbons (Fsp3) is 0.615. The molecule has 3 rings (SSSR count). The number of rotatable bonds is 8. The third-order valence-electron chi connectivity index (χ3n) is 6.44. The zero-order chi connectivity index (χ0) is 27.2. The number of halogens is 1. The van der Waals surface area contributed by atoms with Crippen molar-refractivity contribution >= 4 is 23.9 Å². The Balaban J connectivity index is 1.41. The molecule has 2 fully saturated rings. The van der Waals surface area contributed by atoms with E-state index in [9.17, 15) is 18.8 Å². The minimum absolute atomic E-state index is 0.0388. The summed E-state index contributed by atoms with van der Waals surface area (Å²) < 4.78 is 30.5. The van der Waals surface area contributed by atoms with Crippen molar-refractivity contribution in [2.75, 3.05) is 19.7 Å². The van der Waals surface area contributed by atoms with Crippen LogP contribution in [-0.2, 0) is 20.7 Å². The molecule has 1 atom stereocenters. The maximum Gasteiger partial charge on any atom is 0.411 e. The molecule has 2 aliphatic heterocycles. The molecular formula is C26H37FN4O6. The Labute approximate surface area is 216 Å². The number of urea groups is 1. The van der Waals surface area contributed by atoms with E-state index in [1.807, 2.05) is 13.8 Å². The standard InChI is InChI=1S/C26H37FN4O6/c1-16(2)22(28)30-24(33)31-11-9-17(10-12-31)6-5-13-35-19-8-7-18(20(27)15-19)14-21-23(32)36-26(3,4)37-25(34)29-21/h7-8,15-17,21H,5-6,9-14H2,1-4H3,(H,29,34)(H2,28,30,33)/t21-/m0/s1. The van der Waals surface area contributed by atoms with Gasteiger partial charge in [-0.2, -0.15) is 4.99 Å².